The zero-order valence-electron chi connectivity index (χ0n) is 31.5. The van der Waals surface area contributed by atoms with E-state index in [4.69, 9.17) is 0 Å². The second kappa shape index (κ2) is 19.1. The van der Waals surface area contributed by atoms with Crippen molar-refractivity contribution in [2.45, 2.75) is 140 Å². The average Bonchev–Trinajstić information content (AvgIpc) is 3.10. The van der Waals surface area contributed by atoms with Gasteiger partial charge in [0, 0.05) is 0 Å². The third-order valence-electron chi connectivity index (χ3n) is 8.63. The molecule has 0 aromatic carbocycles. The standard InChI is InChI=1S/2C5H11O.4C4F9.O.2Sn/c2*1-2-3-4-5-6;4*5-1(6)2(7,8)3(9,10)4(11,12)13;;;/h2*2-5H2,1H3;;;;;;;/q2*-1;;;;;;2*+1. The van der Waals surface area contributed by atoms with Crippen molar-refractivity contribution in [2.75, 3.05) is 13.2 Å². The Kier molecular flexibility index (Phi) is 18.8. The molecule has 0 heterocycles. The first-order chi connectivity index (χ1) is 28.8. The molecule has 0 saturated heterocycles. The van der Waals surface area contributed by atoms with Crippen LogP contribution in [0.1, 0.15) is 52.4 Å². The van der Waals surface area contributed by atoms with Gasteiger partial charge in [-0.1, -0.05) is 0 Å². The van der Waals surface area contributed by atoms with Gasteiger partial charge in [0.05, 0.1) is 0 Å². The molecule has 3 nitrogen and oxygen atoms in total. The van der Waals surface area contributed by atoms with Crippen molar-refractivity contribution in [1.82, 2.24) is 0 Å². The van der Waals surface area contributed by atoms with E-state index >= 15 is 70.2 Å². The first-order valence-electron chi connectivity index (χ1n) is 16.6. The van der Waals surface area contributed by atoms with Gasteiger partial charge in [0.25, 0.3) is 0 Å². The van der Waals surface area contributed by atoms with Crippen LogP contribution >= 0.6 is 0 Å². The zero-order chi connectivity index (χ0) is 54.8. The molecule has 0 N–H and O–H groups in total. The summed E-state index contributed by atoms with van der Waals surface area (Å²) < 4.78 is 490. The average molecular weight is 1300 g/mol. The summed E-state index contributed by atoms with van der Waals surface area (Å²) in [4.78, 5) is 0. The van der Waals surface area contributed by atoms with Crippen LogP contribution in [0.25, 0.3) is 0 Å². The summed E-state index contributed by atoms with van der Waals surface area (Å²) in [7, 11) is 0. The zero-order valence-corrected chi connectivity index (χ0v) is 37.2. The van der Waals surface area contributed by atoms with Crippen LogP contribution in [0.5, 0.6) is 0 Å². The molecule has 0 unspecified atom stereocenters. The van der Waals surface area contributed by atoms with E-state index in [0.29, 0.717) is 13.8 Å². The van der Waals surface area contributed by atoms with E-state index in [2.05, 4.69) is 7.56 Å². The number of rotatable bonds is 24. The van der Waals surface area contributed by atoms with Crippen LogP contribution in [-0.2, 0) is 7.56 Å². The predicted octanol–water partition coefficient (Wildman–Crippen LogP) is 14.3. The fourth-order valence-corrected chi connectivity index (χ4v) is 40.8. The molecular weight excluding hydrogens is 1280 g/mol. The molecule has 0 atom stereocenters. The molecule has 0 aliphatic heterocycles. The predicted molar refractivity (Wildman–Crippen MR) is 147 cm³/mol. The first-order valence-corrected chi connectivity index (χ1v) is 27.0. The van der Waals surface area contributed by atoms with Crippen molar-refractivity contribution in [3.63, 3.8) is 0 Å². The topological polar surface area (TPSA) is 27.7 Å². The summed E-state index contributed by atoms with van der Waals surface area (Å²) in [6.45, 7) is -5.64. The molecule has 0 saturated carbocycles. The molecule has 0 aliphatic carbocycles. The number of hydrogen-bond acceptors (Lipinski definition) is 3. The van der Waals surface area contributed by atoms with Gasteiger partial charge in [-0.2, -0.15) is 0 Å². The summed E-state index contributed by atoms with van der Waals surface area (Å²) in [5.41, 5.74) is 0. The van der Waals surface area contributed by atoms with Crippen molar-refractivity contribution < 1.29 is 166 Å². The molecule has 41 heteroatoms. The van der Waals surface area contributed by atoms with Crippen molar-refractivity contribution in [1.29, 1.82) is 0 Å². The monoisotopic (exact) mass is 1310 g/mol. The van der Waals surface area contributed by atoms with E-state index in [1.807, 2.05) is 0 Å². The maximum atomic E-state index is 16.2. The minimum absolute atomic E-state index is 0.658. The molecule has 0 fully saturated rings. The molecule has 0 radical (unpaired) electrons. The quantitative estimate of drug-likeness (QED) is 0.0548. The van der Waals surface area contributed by atoms with Crippen molar-refractivity contribution in [2.24, 2.45) is 0 Å². The van der Waals surface area contributed by atoms with Gasteiger partial charge in [-0.15, -0.1) is 0 Å². The Bertz CT molecular complexity index is 1420. The third-order valence-corrected chi connectivity index (χ3v) is 37.8. The number of alkyl halides is 36. The molecule has 0 aliphatic rings. The molecule has 404 valence electrons. The summed E-state index contributed by atoms with van der Waals surface area (Å²) in [5.74, 6) is -77.1. The van der Waals surface area contributed by atoms with Crippen LogP contribution in [-0.4, -0.2) is 139 Å². The maximum absolute atomic E-state index is 16.2. The minimum atomic E-state index is -13.9. The van der Waals surface area contributed by atoms with Gasteiger partial charge in [0.2, 0.25) is 0 Å². The van der Waals surface area contributed by atoms with Crippen LogP contribution in [0.3, 0.4) is 0 Å². The van der Waals surface area contributed by atoms with Gasteiger partial charge in [-0.25, -0.2) is 0 Å². The number of halogens is 36. The van der Waals surface area contributed by atoms with Crippen LogP contribution in [0.15, 0.2) is 0 Å². The van der Waals surface area contributed by atoms with E-state index in [1.165, 1.54) is 0 Å². The Morgan fingerprint density at radius 2 is 0.418 bits per heavy atom. The molecule has 0 bridgehead atoms. The third kappa shape index (κ3) is 9.70. The molecule has 0 aromatic rings. The van der Waals surface area contributed by atoms with E-state index in [9.17, 15) is 87.8 Å². The van der Waals surface area contributed by atoms with Crippen molar-refractivity contribution in [3.05, 3.63) is 0 Å². The van der Waals surface area contributed by atoms with Crippen LogP contribution < -0.4 is 0 Å². The second-order valence-electron chi connectivity index (χ2n) is 13.3. The Hall–Kier alpha value is -1.04. The SMILES string of the molecule is CCCCC[O][Sn]([O][Sn]([O]CCCCC)([C](F)(F)C(F)(F)C(F)(F)C(F)(F)F)[C](F)(F)C(F)(F)C(F)(F)C(F)(F)F)([C](F)(F)C(F)(F)C(F)(F)C(F)(F)F)[C](F)(F)C(F)(F)C(F)(F)C(F)(F)F. The summed E-state index contributed by atoms with van der Waals surface area (Å²) in [5, 5.41) is 0. The fourth-order valence-electron chi connectivity index (χ4n) is 4.74. The Morgan fingerprint density at radius 1 is 0.254 bits per heavy atom. The van der Waals surface area contributed by atoms with Gasteiger partial charge >= 0.3 is 357 Å². The second-order valence-corrected chi connectivity index (χ2v) is 33.7. The van der Waals surface area contributed by atoms with E-state index in [1.54, 1.807) is 0 Å². The Labute approximate surface area is 357 Å². The van der Waals surface area contributed by atoms with Crippen LogP contribution in [0.4, 0.5) is 158 Å². The summed E-state index contributed by atoms with van der Waals surface area (Å²) >= 11 is -27.9. The van der Waals surface area contributed by atoms with Gasteiger partial charge < -0.3 is 0 Å². The van der Waals surface area contributed by atoms with Crippen molar-refractivity contribution in [3.8, 4) is 0 Å². The van der Waals surface area contributed by atoms with E-state index < -0.39 is 178 Å². The number of hydrogen-bond donors (Lipinski definition) is 0. The first kappa shape index (κ1) is 66.0. The molecular formula is C26H22F36O3Sn2. The van der Waals surface area contributed by atoms with Gasteiger partial charge in [0.15, 0.2) is 0 Å². The molecule has 0 aromatic heterocycles. The Balaban J connectivity index is 10.7. The van der Waals surface area contributed by atoms with E-state index in [-0.39, 0.29) is 0 Å². The van der Waals surface area contributed by atoms with Gasteiger partial charge in [-0.3, -0.25) is 0 Å². The summed E-state index contributed by atoms with van der Waals surface area (Å²) in [6, 6.07) is 0. The van der Waals surface area contributed by atoms with E-state index in [0.717, 1.165) is 0 Å². The normalized spacial score (nSPS) is 16.6. The van der Waals surface area contributed by atoms with Crippen LogP contribution in [0.2, 0.25) is 0 Å². The molecule has 0 spiro atoms. The van der Waals surface area contributed by atoms with Crippen LogP contribution in [0, 0.1) is 0 Å². The summed E-state index contributed by atoms with van der Waals surface area (Å²) in [6.07, 6.45) is -44.0. The van der Waals surface area contributed by atoms with Gasteiger partial charge in [-0.05, 0) is 0 Å². The molecule has 0 rings (SSSR count). The fraction of sp³-hybridized carbons (Fsp3) is 1.00. The Morgan fingerprint density at radius 3 is 0.552 bits per heavy atom. The van der Waals surface area contributed by atoms with Gasteiger partial charge in [0.1, 0.15) is 0 Å². The molecule has 0 amide bonds. The molecule has 67 heavy (non-hydrogen) atoms. The number of unbranched alkanes of at least 4 members (excludes halogenated alkanes) is 4. The van der Waals surface area contributed by atoms with Crippen molar-refractivity contribution >= 4 is 38.4 Å².